The van der Waals surface area contributed by atoms with Gasteiger partial charge < -0.3 is 24.8 Å². The molecule has 2 aliphatic rings. The number of pyridine rings is 1. The molecule has 9 nitrogen and oxygen atoms in total. The number of nitrogens with zero attached hydrogens (tertiary/aromatic N) is 2. The van der Waals surface area contributed by atoms with E-state index < -0.39 is 6.17 Å². The first-order valence-electron chi connectivity index (χ1n) is 13.9. The van der Waals surface area contributed by atoms with Crippen LogP contribution in [0, 0.1) is 6.92 Å². The summed E-state index contributed by atoms with van der Waals surface area (Å²) in [6.45, 7) is 5.09. The maximum absolute atomic E-state index is 13.3. The average Bonchev–Trinajstić information content (AvgIpc) is 3.42. The molecule has 3 heterocycles. The first-order valence-corrected chi connectivity index (χ1v) is 13.9. The minimum absolute atomic E-state index is 0.285. The van der Waals surface area contributed by atoms with E-state index in [1.54, 1.807) is 54.6 Å². The Morgan fingerprint density at radius 2 is 1.74 bits per heavy atom. The fraction of sp³-hybridized carbons (Fsp3) is 0.281. The van der Waals surface area contributed by atoms with E-state index in [2.05, 4.69) is 15.6 Å². The highest BCUT2D eigenvalue weighted by molar-refractivity contribution is 6.08. The van der Waals surface area contributed by atoms with E-state index in [1.165, 1.54) is 0 Å². The number of rotatable bonds is 8. The van der Waals surface area contributed by atoms with Crippen LogP contribution < -0.4 is 24.8 Å². The lowest BCUT2D eigenvalue weighted by molar-refractivity contribution is 0.101. The van der Waals surface area contributed by atoms with Gasteiger partial charge in [0, 0.05) is 53.6 Å². The van der Waals surface area contributed by atoms with Crippen molar-refractivity contribution in [2.75, 3.05) is 50.1 Å². The number of likely N-dealkylation sites (tertiary alicyclic amines) is 1. The molecule has 10 heteroatoms. The van der Waals surface area contributed by atoms with Gasteiger partial charge in [0.25, 0.3) is 11.8 Å². The van der Waals surface area contributed by atoms with E-state index in [4.69, 9.17) is 14.2 Å². The van der Waals surface area contributed by atoms with Crippen molar-refractivity contribution in [1.29, 1.82) is 0 Å². The number of hydrogen-bond donors (Lipinski definition) is 2. The Kier molecular flexibility index (Phi) is 7.87. The molecule has 0 spiro atoms. The maximum Gasteiger partial charge on any atom is 0.255 e. The molecule has 3 aromatic carbocycles. The van der Waals surface area contributed by atoms with Gasteiger partial charge in [-0.25, -0.2) is 9.37 Å². The van der Waals surface area contributed by atoms with Crippen molar-refractivity contribution in [3.05, 3.63) is 83.4 Å². The lowest BCUT2D eigenvalue weighted by Crippen LogP contribution is -2.26. The molecule has 2 N–H and O–H groups in total. The van der Waals surface area contributed by atoms with Gasteiger partial charge in [-0.15, -0.1) is 0 Å². The molecule has 42 heavy (non-hydrogen) atoms. The third-order valence-corrected chi connectivity index (χ3v) is 7.35. The second kappa shape index (κ2) is 12.0. The summed E-state index contributed by atoms with van der Waals surface area (Å²) < 4.78 is 30.2. The molecule has 0 radical (unpaired) electrons. The van der Waals surface area contributed by atoms with Gasteiger partial charge in [0.2, 0.25) is 5.88 Å². The van der Waals surface area contributed by atoms with Crippen LogP contribution >= 0.6 is 0 Å². The number of anilines is 2. The van der Waals surface area contributed by atoms with E-state index >= 15 is 0 Å². The minimum atomic E-state index is -0.749. The molecule has 2 aliphatic heterocycles. The predicted octanol–water partition coefficient (Wildman–Crippen LogP) is 5.24. The van der Waals surface area contributed by atoms with Crippen LogP contribution in [0.5, 0.6) is 17.4 Å². The number of carbonyl (C=O) groups excluding carboxylic acids is 2. The molecular weight excluding hydrogens is 539 g/mol. The number of aryl methyl sites for hydroxylation is 1. The number of ether oxygens (including phenoxy) is 3. The number of alkyl halides is 1. The summed E-state index contributed by atoms with van der Waals surface area (Å²) in [4.78, 5) is 32.6. The zero-order valence-corrected chi connectivity index (χ0v) is 23.2. The summed E-state index contributed by atoms with van der Waals surface area (Å²) in [5, 5.41) is 6.63. The maximum atomic E-state index is 13.3. The zero-order valence-electron chi connectivity index (χ0n) is 23.2. The number of benzene rings is 3. The molecule has 0 bridgehead atoms. The van der Waals surface area contributed by atoms with E-state index in [9.17, 15) is 14.0 Å². The molecule has 1 unspecified atom stereocenters. The molecule has 216 valence electrons. The molecule has 1 fully saturated rings. The monoisotopic (exact) mass is 570 g/mol. The summed E-state index contributed by atoms with van der Waals surface area (Å²) in [7, 11) is 0. The number of fused-ring (bicyclic) bond motifs is 2. The van der Waals surface area contributed by atoms with Crippen molar-refractivity contribution < 1.29 is 28.2 Å². The third-order valence-electron chi connectivity index (χ3n) is 7.35. The standard InChI is InChI=1S/C32H31FN4O5/c1-20-2-6-25(34-31(38)23-4-8-28-29(17-23)41-15-14-40-28)18-27(20)36-32(39)22-3-7-26-21(16-22)5-9-30(35-26)42-13-12-37-11-10-24(33)19-37/h2-9,16-18,24H,10-15,19H2,1H3,(H,34,38)(H,36,39). The molecule has 1 saturated heterocycles. The molecule has 4 aromatic rings. The van der Waals surface area contributed by atoms with Crippen LogP contribution in [0.25, 0.3) is 10.9 Å². The largest absolute Gasteiger partial charge is 0.486 e. The molecule has 0 saturated carbocycles. The van der Waals surface area contributed by atoms with Crippen molar-refractivity contribution in [2.45, 2.75) is 19.5 Å². The SMILES string of the molecule is Cc1ccc(NC(=O)c2ccc3c(c2)OCCO3)cc1NC(=O)c1ccc2nc(OCCN3CCC(F)C3)ccc2c1. The highest BCUT2D eigenvalue weighted by atomic mass is 19.1. The fourth-order valence-corrected chi connectivity index (χ4v) is 5.01. The van der Waals surface area contributed by atoms with Gasteiger partial charge in [0.05, 0.1) is 5.52 Å². The van der Waals surface area contributed by atoms with Gasteiger partial charge in [-0.05, 0) is 73.5 Å². The summed E-state index contributed by atoms with van der Waals surface area (Å²) in [5.41, 5.74) is 3.58. The van der Waals surface area contributed by atoms with Gasteiger partial charge in [-0.1, -0.05) is 6.07 Å². The number of halogens is 1. The van der Waals surface area contributed by atoms with Crippen LogP contribution in [0.15, 0.2) is 66.7 Å². The van der Waals surface area contributed by atoms with Crippen molar-refractivity contribution in [3.8, 4) is 17.4 Å². The van der Waals surface area contributed by atoms with E-state index in [0.717, 1.165) is 17.5 Å². The van der Waals surface area contributed by atoms with E-state index in [-0.39, 0.29) is 11.8 Å². The number of nitrogens with one attached hydrogen (secondary N) is 2. The van der Waals surface area contributed by atoms with Crippen LogP contribution in [0.4, 0.5) is 15.8 Å². The Bertz CT molecular complexity index is 1650. The Balaban J connectivity index is 1.09. The number of hydrogen-bond acceptors (Lipinski definition) is 7. The summed E-state index contributed by atoms with van der Waals surface area (Å²) in [5.74, 6) is 1.05. The van der Waals surface area contributed by atoms with Gasteiger partial charge in [0.1, 0.15) is 26.0 Å². The van der Waals surface area contributed by atoms with Crippen LogP contribution in [0.3, 0.4) is 0 Å². The first-order chi connectivity index (χ1) is 20.4. The second-order valence-corrected chi connectivity index (χ2v) is 10.4. The molecule has 1 atom stereocenters. The lowest BCUT2D eigenvalue weighted by atomic mass is 10.1. The summed E-state index contributed by atoms with van der Waals surface area (Å²) >= 11 is 0. The van der Waals surface area contributed by atoms with Gasteiger partial charge in [0.15, 0.2) is 11.5 Å². The number of aromatic nitrogens is 1. The van der Waals surface area contributed by atoms with E-state index in [0.29, 0.717) is 84.7 Å². The number of carbonyl (C=O) groups is 2. The topological polar surface area (TPSA) is 102 Å². The number of amides is 2. The summed E-state index contributed by atoms with van der Waals surface area (Å²) in [6, 6.07) is 19.3. The minimum Gasteiger partial charge on any atom is -0.486 e. The highest BCUT2D eigenvalue weighted by Crippen LogP contribution is 2.31. The Morgan fingerprint density at radius 3 is 2.57 bits per heavy atom. The molecule has 6 rings (SSSR count). The molecule has 2 amide bonds. The van der Waals surface area contributed by atoms with Crippen molar-refractivity contribution >= 4 is 34.1 Å². The quantitative estimate of drug-likeness (QED) is 0.299. The zero-order chi connectivity index (χ0) is 29.1. The Hall–Kier alpha value is -4.70. The Morgan fingerprint density at radius 1 is 0.952 bits per heavy atom. The lowest BCUT2D eigenvalue weighted by Gasteiger charge is -2.18. The molecular formula is C32H31FN4O5. The molecule has 1 aromatic heterocycles. The van der Waals surface area contributed by atoms with Gasteiger partial charge >= 0.3 is 0 Å². The van der Waals surface area contributed by atoms with Crippen LogP contribution in [-0.2, 0) is 0 Å². The second-order valence-electron chi connectivity index (χ2n) is 10.4. The van der Waals surface area contributed by atoms with E-state index in [1.807, 2.05) is 24.0 Å². The van der Waals surface area contributed by atoms with Crippen molar-refractivity contribution in [2.24, 2.45) is 0 Å². The highest BCUT2D eigenvalue weighted by Gasteiger charge is 2.21. The van der Waals surface area contributed by atoms with Crippen molar-refractivity contribution in [1.82, 2.24) is 9.88 Å². The Labute approximate surface area is 242 Å². The predicted molar refractivity (Wildman–Crippen MR) is 158 cm³/mol. The van der Waals surface area contributed by atoms with Gasteiger partial charge in [-0.3, -0.25) is 14.5 Å². The van der Waals surface area contributed by atoms with Crippen LogP contribution in [-0.4, -0.2) is 67.3 Å². The van der Waals surface area contributed by atoms with Gasteiger partial charge in [-0.2, -0.15) is 0 Å². The third kappa shape index (κ3) is 6.28. The smallest absolute Gasteiger partial charge is 0.255 e. The molecule has 0 aliphatic carbocycles. The van der Waals surface area contributed by atoms with Crippen LogP contribution in [0.1, 0.15) is 32.7 Å². The first kappa shape index (κ1) is 27.5. The van der Waals surface area contributed by atoms with Crippen LogP contribution in [0.2, 0.25) is 0 Å². The average molecular weight is 571 g/mol. The van der Waals surface area contributed by atoms with Crippen molar-refractivity contribution in [3.63, 3.8) is 0 Å². The normalized spacial score (nSPS) is 16.3. The fourth-order valence-electron chi connectivity index (χ4n) is 5.01. The summed E-state index contributed by atoms with van der Waals surface area (Å²) in [6.07, 6.45) is -0.172.